The summed E-state index contributed by atoms with van der Waals surface area (Å²) in [6, 6.07) is 9.36. The molecule has 2 atom stereocenters. The lowest BCUT2D eigenvalue weighted by atomic mass is 10.2. The van der Waals surface area contributed by atoms with Crippen LogP contribution < -0.4 is 0 Å². The van der Waals surface area contributed by atoms with Crippen LogP contribution in [-0.2, 0) is 20.0 Å². The van der Waals surface area contributed by atoms with Gasteiger partial charge in [-0.05, 0) is 41.4 Å². The van der Waals surface area contributed by atoms with Crippen molar-refractivity contribution in [3.05, 3.63) is 52.2 Å². The molecule has 2 heterocycles. The third kappa shape index (κ3) is 3.95. The van der Waals surface area contributed by atoms with E-state index in [1.165, 1.54) is 5.56 Å². The molecule has 0 saturated carbocycles. The van der Waals surface area contributed by atoms with Crippen LogP contribution in [0.25, 0.3) is 0 Å². The van der Waals surface area contributed by atoms with E-state index in [0.717, 1.165) is 10.6 Å². The number of esters is 2. The highest BCUT2D eigenvalue weighted by molar-refractivity contribution is 7.98. The molecule has 1 aliphatic heterocycles. The fourth-order valence-corrected chi connectivity index (χ4v) is 4.06. The fraction of sp³-hybridized carbons (Fsp3) is 0.294. The van der Waals surface area contributed by atoms with Crippen molar-refractivity contribution in [3.63, 3.8) is 0 Å². The number of rotatable bonds is 5. The van der Waals surface area contributed by atoms with Crippen molar-refractivity contribution in [2.75, 3.05) is 0 Å². The summed E-state index contributed by atoms with van der Waals surface area (Å²) in [7, 11) is 0. The quantitative estimate of drug-likeness (QED) is 0.606. The molecule has 1 saturated heterocycles. The fourth-order valence-electron chi connectivity index (χ4n) is 2.31. The number of carbonyl (C=O) groups excluding carboxylic acids is 2. The molecule has 0 unspecified atom stereocenters. The zero-order chi connectivity index (χ0) is 16.2. The molecule has 1 aliphatic rings. The van der Waals surface area contributed by atoms with Gasteiger partial charge in [0.25, 0.3) is 0 Å². The van der Waals surface area contributed by atoms with Crippen molar-refractivity contribution < 1.29 is 19.1 Å². The SMILES string of the molecule is C[C@H]1C[C@@H](OC(=O)c2ccccc2SCc2ccsc2)C(=O)O1. The molecular formula is C17H16O4S2. The topological polar surface area (TPSA) is 52.6 Å². The third-order valence-electron chi connectivity index (χ3n) is 3.46. The van der Waals surface area contributed by atoms with E-state index in [1.54, 1.807) is 42.2 Å². The first-order valence-electron chi connectivity index (χ1n) is 7.28. The molecule has 1 aromatic carbocycles. The van der Waals surface area contributed by atoms with Crippen molar-refractivity contribution >= 4 is 35.0 Å². The van der Waals surface area contributed by atoms with Gasteiger partial charge in [-0.25, -0.2) is 9.59 Å². The van der Waals surface area contributed by atoms with Gasteiger partial charge in [0.1, 0.15) is 6.10 Å². The monoisotopic (exact) mass is 348 g/mol. The summed E-state index contributed by atoms with van der Waals surface area (Å²) in [4.78, 5) is 24.9. The summed E-state index contributed by atoms with van der Waals surface area (Å²) in [6.07, 6.45) is -0.592. The first kappa shape index (κ1) is 16.1. The molecule has 4 nitrogen and oxygen atoms in total. The second kappa shape index (κ2) is 7.19. The second-order valence-corrected chi connectivity index (χ2v) is 7.09. The number of thioether (sulfide) groups is 1. The third-order valence-corrected chi connectivity index (χ3v) is 5.33. The molecule has 0 spiro atoms. The van der Waals surface area contributed by atoms with Crippen LogP contribution in [0.3, 0.4) is 0 Å². The van der Waals surface area contributed by atoms with E-state index in [9.17, 15) is 9.59 Å². The molecule has 0 N–H and O–H groups in total. The molecule has 1 fully saturated rings. The van der Waals surface area contributed by atoms with Gasteiger partial charge in [-0.3, -0.25) is 0 Å². The van der Waals surface area contributed by atoms with Gasteiger partial charge in [-0.1, -0.05) is 12.1 Å². The largest absolute Gasteiger partial charge is 0.460 e. The van der Waals surface area contributed by atoms with E-state index in [2.05, 4.69) is 11.4 Å². The lowest BCUT2D eigenvalue weighted by Crippen LogP contribution is -2.23. The predicted octanol–water partition coefficient (Wildman–Crippen LogP) is 3.90. The standard InChI is InChI=1S/C17H16O4S2/c1-11-8-14(17(19)20-11)21-16(18)13-4-2-3-5-15(13)23-10-12-6-7-22-9-12/h2-7,9,11,14H,8,10H2,1H3/t11-,14+/m0/s1. The number of ether oxygens (including phenoxy) is 2. The van der Waals surface area contributed by atoms with Gasteiger partial charge in [0.15, 0.2) is 0 Å². The molecule has 23 heavy (non-hydrogen) atoms. The van der Waals surface area contributed by atoms with Crippen LogP contribution in [0.4, 0.5) is 0 Å². The predicted molar refractivity (Wildman–Crippen MR) is 89.7 cm³/mol. The van der Waals surface area contributed by atoms with Crippen LogP contribution in [0.5, 0.6) is 0 Å². The van der Waals surface area contributed by atoms with E-state index in [4.69, 9.17) is 9.47 Å². The molecule has 2 aromatic rings. The van der Waals surface area contributed by atoms with E-state index in [0.29, 0.717) is 12.0 Å². The van der Waals surface area contributed by atoms with Crippen LogP contribution in [0.15, 0.2) is 46.0 Å². The van der Waals surface area contributed by atoms with Crippen LogP contribution in [-0.4, -0.2) is 24.1 Å². The summed E-state index contributed by atoms with van der Waals surface area (Å²) in [5.41, 5.74) is 1.71. The second-order valence-electron chi connectivity index (χ2n) is 5.29. The number of thiophene rings is 1. The molecule has 1 aromatic heterocycles. The molecule has 0 amide bonds. The summed E-state index contributed by atoms with van der Waals surface area (Å²) >= 11 is 3.23. The highest BCUT2D eigenvalue weighted by atomic mass is 32.2. The highest BCUT2D eigenvalue weighted by Crippen LogP contribution is 2.28. The Hall–Kier alpha value is -1.79. The molecule has 120 valence electrons. The number of cyclic esters (lactones) is 1. The van der Waals surface area contributed by atoms with E-state index < -0.39 is 18.0 Å². The zero-order valence-corrected chi connectivity index (χ0v) is 14.2. The summed E-state index contributed by atoms with van der Waals surface area (Å²) in [5.74, 6) is -0.153. The van der Waals surface area contributed by atoms with Crippen LogP contribution in [0, 0.1) is 0 Å². The van der Waals surface area contributed by atoms with Crippen molar-refractivity contribution in [1.82, 2.24) is 0 Å². The average molecular weight is 348 g/mol. The minimum atomic E-state index is -0.799. The molecule has 0 bridgehead atoms. The molecule has 3 rings (SSSR count). The minimum Gasteiger partial charge on any atom is -0.460 e. The number of benzene rings is 1. The minimum absolute atomic E-state index is 0.205. The van der Waals surface area contributed by atoms with E-state index in [-0.39, 0.29) is 6.10 Å². The van der Waals surface area contributed by atoms with Crippen molar-refractivity contribution in [2.45, 2.75) is 36.2 Å². The summed E-state index contributed by atoms with van der Waals surface area (Å²) < 4.78 is 10.4. The Morgan fingerprint density at radius 2 is 2.22 bits per heavy atom. The number of hydrogen-bond donors (Lipinski definition) is 0. The Balaban J connectivity index is 1.69. The van der Waals surface area contributed by atoms with Gasteiger partial charge in [0.05, 0.1) is 5.56 Å². The van der Waals surface area contributed by atoms with Crippen LogP contribution >= 0.6 is 23.1 Å². The molecule has 6 heteroatoms. The Labute approximate surface area is 142 Å². The maximum atomic E-state index is 12.4. The van der Waals surface area contributed by atoms with Gasteiger partial charge < -0.3 is 9.47 Å². The average Bonchev–Trinajstić information content (AvgIpc) is 3.15. The Morgan fingerprint density at radius 3 is 2.91 bits per heavy atom. The van der Waals surface area contributed by atoms with Crippen molar-refractivity contribution in [2.24, 2.45) is 0 Å². The summed E-state index contributed by atoms with van der Waals surface area (Å²) in [5, 5.41) is 4.12. The van der Waals surface area contributed by atoms with E-state index >= 15 is 0 Å². The van der Waals surface area contributed by atoms with Gasteiger partial charge >= 0.3 is 11.9 Å². The van der Waals surface area contributed by atoms with Gasteiger partial charge in [0.2, 0.25) is 6.10 Å². The molecular weight excluding hydrogens is 332 g/mol. The Kier molecular flexibility index (Phi) is 5.03. The van der Waals surface area contributed by atoms with Gasteiger partial charge in [-0.2, -0.15) is 11.3 Å². The molecule has 0 radical (unpaired) electrons. The first-order valence-corrected chi connectivity index (χ1v) is 9.20. The smallest absolute Gasteiger partial charge is 0.347 e. The molecule has 0 aliphatic carbocycles. The number of carbonyl (C=O) groups is 2. The Morgan fingerprint density at radius 1 is 1.39 bits per heavy atom. The van der Waals surface area contributed by atoms with Crippen molar-refractivity contribution in [3.8, 4) is 0 Å². The Bertz CT molecular complexity index is 696. The summed E-state index contributed by atoms with van der Waals surface area (Å²) in [6.45, 7) is 1.79. The van der Waals surface area contributed by atoms with E-state index in [1.807, 2.05) is 17.5 Å². The lowest BCUT2D eigenvalue weighted by Gasteiger charge is -2.11. The van der Waals surface area contributed by atoms with Gasteiger partial charge in [0, 0.05) is 17.1 Å². The van der Waals surface area contributed by atoms with Crippen LogP contribution in [0.2, 0.25) is 0 Å². The van der Waals surface area contributed by atoms with Crippen molar-refractivity contribution in [1.29, 1.82) is 0 Å². The maximum Gasteiger partial charge on any atom is 0.347 e. The maximum absolute atomic E-state index is 12.4. The zero-order valence-electron chi connectivity index (χ0n) is 12.6. The van der Waals surface area contributed by atoms with Crippen LogP contribution in [0.1, 0.15) is 29.3 Å². The van der Waals surface area contributed by atoms with Gasteiger partial charge in [-0.15, -0.1) is 11.8 Å². The first-order chi connectivity index (χ1) is 11.1. The highest BCUT2D eigenvalue weighted by Gasteiger charge is 2.35. The normalized spacial score (nSPS) is 20.3. The number of hydrogen-bond acceptors (Lipinski definition) is 6. The lowest BCUT2D eigenvalue weighted by molar-refractivity contribution is -0.147.